The molecule has 0 atom stereocenters. The summed E-state index contributed by atoms with van der Waals surface area (Å²) >= 11 is 0. The van der Waals surface area contributed by atoms with Crippen LogP contribution in [0.5, 0.6) is 0 Å². The van der Waals surface area contributed by atoms with Crippen LogP contribution in [-0.2, 0) is 26.2 Å². The van der Waals surface area contributed by atoms with E-state index in [9.17, 15) is 0 Å². The van der Waals surface area contributed by atoms with Crippen molar-refractivity contribution in [3.05, 3.63) is 47.3 Å². The zero-order valence-corrected chi connectivity index (χ0v) is 17.0. The Kier molecular flexibility index (Phi) is 15.5. The molecule has 0 aliphatic heterocycles. The first kappa shape index (κ1) is 24.3. The molecule has 0 bridgehead atoms. The Bertz CT molecular complexity index is 425. The molecule has 1 aromatic rings. The first-order valence-corrected chi connectivity index (χ1v) is 7.99. The Balaban J connectivity index is -0.000000233. The predicted molar refractivity (Wildman–Crippen MR) is 73.3 cm³/mol. The summed E-state index contributed by atoms with van der Waals surface area (Å²) in [7, 11) is -0.225. The van der Waals surface area contributed by atoms with Gasteiger partial charge in [-0.2, -0.15) is 28.4 Å². The molecule has 2 rings (SSSR count). The van der Waals surface area contributed by atoms with Crippen LogP contribution in [0.15, 0.2) is 18.2 Å². The minimum atomic E-state index is -0.225. The number of hydrogen-bond acceptors (Lipinski definition) is 0. The van der Waals surface area contributed by atoms with Gasteiger partial charge in [-0.1, -0.05) is 33.9 Å². The van der Waals surface area contributed by atoms with Crippen molar-refractivity contribution in [3.8, 4) is 0 Å². The van der Waals surface area contributed by atoms with Crippen LogP contribution in [0.25, 0.3) is 0 Å². The molecule has 0 spiro atoms. The van der Waals surface area contributed by atoms with E-state index in [0.29, 0.717) is 0 Å². The molecule has 1 heterocycles. The van der Waals surface area contributed by atoms with Gasteiger partial charge in [0.2, 0.25) is 0 Å². The largest absolute Gasteiger partial charge is 4.00 e. The number of rotatable bonds is 0. The van der Waals surface area contributed by atoms with Crippen LogP contribution in [0.1, 0.15) is 16.8 Å². The van der Waals surface area contributed by atoms with Gasteiger partial charge >= 0.3 is 26.2 Å². The van der Waals surface area contributed by atoms with Crippen LogP contribution in [-0.4, -0.2) is 18.6 Å². The van der Waals surface area contributed by atoms with Gasteiger partial charge < -0.3 is 29.8 Å². The molecule has 1 aliphatic rings. The number of aromatic nitrogens is 1. The quantitative estimate of drug-likeness (QED) is 0.363. The van der Waals surface area contributed by atoms with Crippen molar-refractivity contribution < 1.29 is 51.0 Å². The van der Waals surface area contributed by atoms with Gasteiger partial charge in [-0.05, 0) is 8.41 Å². The molecule has 102 valence electrons. The monoisotopic (exact) mass is 389 g/mol. The van der Waals surface area contributed by atoms with Gasteiger partial charge in [-0.15, -0.1) is 11.9 Å². The van der Waals surface area contributed by atoms with E-state index in [1.165, 1.54) is 22.0 Å². The Morgan fingerprint density at radius 1 is 1.11 bits per heavy atom. The van der Waals surface area contributed by atoms with E-state index in [1.807, 2.05) is 12.2 Å². The third-order valence-corrected chi connectivity index (χ3v) is 4.09. The Morgan fingerprint density at radius 3 is 1.84 bits per heavy atom. The molecule has 19 heavy (non-hydrogen) atoms. The molecule has 1 aliphatic carbocycles. The van der Waals surface area contributed by atoms with Crippen LogP contribution in [0.2, 0.25) is 13.1 Å². The van der Waals surface area contributed by atoms with Gasteiger partial charge in [-0.25, -0.2) is 12.2 Å². The molecule has 0 amide bonds. The van der Waals surface area contributed by atoms with E-state index >= 15 is 0 Å². The number of nitrogens with one attached hydrogen (secondary N) is 1. The summed E-state index contributed by atoms with van der Waals surface area (Å²) in [5.41, 5.74) is 3.77. The fourth-order valence-electron chi connectivity index (χ4n) is 1.30. The first-order valence-electron chi connectivity index (χ1n) is 5.49. The summed E-state index contributed by atoms with van der Waals surface area (Å²) in [4.78, 5) is 3.01. The minimum absolute atomic E-state index is 0. The van der Waals surface area contributed by atoms with Crippen LogP contribution in [0, 0.1) is 33.0 Å². The zero-order valence-electron chi connectivity index (χ0n) is 12.0. The Labute approximate surface area is 150 Å². The summed E-state index contributed by atoms with van der Waals surface area (Å²) in [5, 5.41) is 1.41. The standard InChI is InChI=1S/C7H10N.C7H9Si.2ClH.Zr/c1-5-4-8-7(3)6(5)2;1-8(2)7-5-3-4-6-7;;;/h8H,1-3H3;3-5H,1-2H3;2*1H;/q2*-1;;;+4/p-2. The van der Waals surface area contributed by atoms with Crippen molar-refractivity contribution in [1.29, 1.82) is 0 Å². The van der Waals surface area contributed by atoms with Gasteiger partial charge in [0.05, 0.1) is 0 Å². The number of aryl methyl sites for hydroxylation is 2. The van der Waals surface area contributed by atoms with E-state index in [-0.39, 0.29) is 59.4 Å². The SMILES string of the molecule is C[Si](C)=C1[C-]=CC=C1.Cc1[c-][nH]c(C)c1C.[Cl-].[Cl-].[Zr+4]. The summed E-state index contributed by atoms with van der Waals surface area (Å²) in [5.74, 6) is 0. The molecule has 0 radical (unpaired) electrons. The second kappa shape index (κ2) is 12.1. The van der Waals surface area contributed by atoms with Crippen molar-refractivity contribution in [3.63, 3.8) is 0 Å². The maximum Gasteiger partial charge on any atom is 4.00 e. The molecule has 0 unspecified atom stereocenters. The molecule has 0 saturated heterocycles. The van der Waals surface area contributed by atoms with Gasteiger partial charge in [0.15, 0.2) is 0 Å². The van der Waals surface area contributed by atoms with E-state index in [4.69, 9.17) is 0 Å². The normalized spacial score (nSPS) is 10.7. The molecule has 0 fully saturated rings. The predicted octanol–water partition coefficient (Wildman–Crippen LogP) is -2.83. The number of allylic oxidation sites excluding steroid dienone is 4. The molecule has 5 heteroatoms. The maximum atomic E-state index is 3.18. The molecule has 0 aromatic carbocycles. The average Bonchev–Trinajstić information content (AvgIpc) is 2.86. The van der Waals surface area contributed by atoms with Gasteiger partial charge in [0, 0.05) is 0 Å². The van der Waals surface area contributed by atoms with Gasteiger partial charge in [0.25, 0.3) is 0 Å². The van der Waals surface area contributed by atoms with Crippen LogP contribution < -0.4 is 24.8 Å². The fourth-order valence-corrected chi connectivity index (χ4v) is 2.10. The molecule has 1 aromatic heterocycles. The second-order valence-electron chi connectivity index (χ2n) is 4.21. The molecule has 1 nitrogen and oxygen atoms in total. The van der Waals surface area contributed by atoms with Crippen LogP contribution in [0.3, 0.4) is 0 Å². The maximum absolute atomic E-state index is 3.18. The number of hydrogen-bond donors (Lipinski definition) is 1. The van der Waals surface area contributed by atoms with E-state index in [1.54, 1.807) is 0 Å². The zero-order chi connectivity index (χ0) is 12.1. The van der Waals surface area contributed by atoms with Gasteiger partial charge in [0.1, 0.15) is 0 Å². The average molecular weight is 392 g/mol. The smallest absolute Gasteiger partial charge is 1.00 e. The molecular weight excluding hydrogens is 372 g/mol. The summed E-state index contributed by atoms with van der Waals surface area (Å²) < 4.78 is 0. The summed E-state index contributed by atoms with van der Waals surface area (Å²) in [6.07, 6.45) is 12.4. The molecule has 1 N–H and O–H groups in total. The number of aromatic amines is 1. The molecule has 0 saturated carbocycles. The van der Waals surface area contributed by atoms with Crippen molar-refractivity contribution in [2.75, 3.05) is 0 Å². The van der Waals surface area contributed by atoms with E-state index in [2.05, 4.69) is 57.2 Å². The van der Waals surface area contributed by atoms with E-state index in [0.717, 1.165) is 0 Å². The van der Waals surface area contributed by atoms with Crippen molar-refractivity contribution >= 4 is 13.6 Å². The van der Waals surface area contributed by atoms with Crippen LogP contribution in [0.4, 0.5) is 0 Å². The third kappa shape index (κ3) is 8.24. The minimum Gasteiger partial charge on any atom is -1.00 e. The van der Waals surface area contributed by atoms with Crippen LogP contribution >= 0.6 is 0 Å². The summed E-state index contributed by atoms with van der Waals surface area (Å²) in [6, 6.07) is 0. The third-order valence-electron chi connectivity index (χ3n) is 2.70. The Morgan fingerprint density at radius 2 is 1.68 bits per heavy atom. The number of halogens is 2. The van der Waals surface area contributed by atoms with Crippen molar-refractivity contribution in [2.45, 2.75) is 33.9 Å². The topological polar surface area (TPSA) is 15.8 Å². The Hall–Kier alpha value is 0.310. The van der Waals surface area contributed by atoms with Crippen molar-refractivity contribution in [1.82, 2.24) is 4.98 Å². The summed E-state index contributed by atoms with van der Waals surface area (Å²) in [6.45, 7) is 10.8. The van der Waals surface area contributed by atoms with Gasteiger partial charge in [-0.3, -0.25) is 0 Å². The molecular formula is C14H19Cl2NSiZr. The first-order chi connectivity index (χ1) is 7.52. The number of H-pyrrole nitrogens is 1. The van der Waals surface area contributed by atoms with Crippen molar-refractivity contribution in [2.24, 2.45) is 0 Å². The fraction of sp³-hybridized carbons (Fsp3) is 0.357. The second-order valence-corrected chi connectivity index (χ2v) is 6.75. The van der Waals surface area contributed by atoms with E-state index < -0.39 is 0 Å².